The van der Waals surface area contributed by atoms with Gasteiger partial charge in [0.25, 0.3) is 0 Å². The molecule has 1 N–H and O–H groups in total. The summed E-state index contributed by atoms with van der Waals surface area (Å²) in [7, 11) is 0. The van der Waals surface area contributed by atoms with Crippen LogP contribution >= 0.6 is 0 Å². The minimum absolute atomic E-state index is 0.0571. The van der Waals surface area contributed by atoms with E-state index in [1.165, 1.54) is 0 Å². The van der Waals surface area contributed by atoms with Gasteiger partial charge in [-0.3, -0.25) is 9.80 Å². The maximum Gasteiger partial charge on any atom is 0.230 e. The van der Waals surface area contributed by atoms with E-state index in [0.717, 1.165) is 39.3 Å². The number of aryl methyl sites for hydroxylation is 1. The summed E-state index contributed by atoms with van der Waals surface area (Å²) < 4.78 is 5.40. The fraction of sp³-hybridized carbons (Fsp3) is 0.857. The third kappa shape index (κ3) is 4.26. The average Bonchev–Trinajstić information content (AvgIpc) is 2.76. The summed E-state index contributed by atoms with van der Waals surface area (Å²) in [6, 6.07) is 0. The number of hydrogen-bond acceptors (Lipinski definition) is 6. The van der Waals surface area contributed by atoms with Gasteiger partial charge < -0.3 is 9.52 Å². The van der Waals surface area contributed by atoms with E-state index in [1.807, 2.05) is 6.92 Å². The van der Waals surface area contributed by atoms with Crippen LogP contribution in [0, 0.1) is 12.3 Å². The number of aliphatic hydroxyl groups excluding tert-OH is 1. The zero-order valence-electron chi connectivity index (χ0n) is 13.0. The Bertz CT molecular complexity index is 419. The van der Waals surface area contributed by atoms with Gasteiger partial charge in [-0.2, -0.15) is 0 Å². The topological polar surface area (TPSA) is 65.6 Å². The lowest BCUT2D eigenvalue weighted by Crippen LogP contribution is -2.49. The van der Waals surface area contributed by atoms with E-state index in [-0.39, 0.29) is 11.5 Å². The third-order valence-electron chi connectivity index (χ3n) is 3.82. The average molecular weight is 282 g/mol. The second kappa shape index (κ2) is 6.20. The molecule has 1 fully saturated rings. The monoisotopic (exact) mass is 282 g/mol. The van der Waals surface area contributed by atoms with Crippen molar-refractivity contribution in [3.8, 4) is 0 Å². The van der Waals surface area contributed by atoms with Crippen LogP contribution in [0.25, 0.3) is 0 Å². The summed E-state index contributed by atoms with van der Waals surface area (Å²) in [5.74, 6) is 1.30. The van der Waals surface area contributed by atoms with Gasteiger partial charge in [0.1, 0.15) is 0 Å². The molecule has 2 rings (SSSR count). The summed E-state index contributed by atoms with van der Waals surface area (Å²) >= 11 is 0. The van der Waals surface area contributed by atoms with Gasteiger partial charge in [0.2, 0.25) is 11.8 Å². The van der Waals surface area contributed by atoms with Crippen molar-refractivity contribution in [2.24, 2.45) is 5.41 Å². The minimum Gasteiger partial charge on any atom is -0.424 e. The van der Waals surface area contributed by atoms with Crippen molar-refractivity contribution >= 4 is 0 Å². The fourth-order valence-electron chi connectivity index (χ4n) is 2.24. The van der Waals surface area contributed by atoms with Gasteiger partial charge in [-0.25, -0.2) is 0 Å². The Morgan fingerprint density at radius 1 is 1.15 bits per heavy atom. The molecule has 0 bridgehead atoms. The molecule has 1 atom stereocenters. The molecule has 6 heteroatoms. The number of β-amino-alcohol motifs (C(OH)–C–C–N with tert-alkyl or cyclic N) is 1. The van der Waals surface area contributed by atoms with E-state index in [9.17, 15) is 5.11 Å². The normalized spacial score (nSPS) is 20.2. The van der Waals surface area contributed by atoms with Crippen molar-refractivity contribution in [2.45, 2.75) is 40.3 Å². The van der Waals surface area contributed by atoms with Crippen LogP contribution in [0.4, 0.5) is 0 Å². The lowest BCUT2D eigenvalue weighted by Gasteiger charge is -2.37. The second-order valence-electron chi connectivity index (χ2n) is 6.67. The first-order chi connectivity index (χ1) is 9.34. The maximum absolute atomic E-state index is 10.2. The Hall–Kier alpha value is -0.980. The van der Waals surface area contributed by atoms with Gasteiger partial charge in [-0.1, -0.05) is 20.8 Å². The SMILES string of the molecule is Cc1nnc(CN2CCN(C[C@@H](O)C(C)(C)C)CC2)o1. The van der Waals surface area contributed by atoms with Crippen molar-refractivity contribution in [2.75, 3.05) is 32.7 Å². The standard InChI is InChI=1S/C14H26N4O2/c1-11-15-16-13(20-11)10-18-7-5-17(6-8-18)9-12(19)14(2,3)4/h12,19H,5-10H2,1-4H3/t12-/m1/s1. The van der Waals surface area contributed by atoms with Crippen LogP contribution in [0.3, 0.4) is 0 Å². The number of aliphatic hydroxyl groups is 1. The minimum atomic E-state index is -0.285. The van der Waals surface area contributed by atoms with E-state index in [2.05, 4.69) is 40.8 Å². The quantitative estimate of drug-likeness (QED) is 0.885. The number of rotatable bonds is 4. The number of piperazine rings is 1. The zero-order valence-corrected chi connectivity index (χ0v) is 13.0. The van der Waals surface area contributed by atoms with Crippen molar-refractivity contribution in [3.63, 3.8) is 0 Å². The Balaban J connectivity index is 1.75. The van der Waals surface area contributed by atoms with Crippen molar-refractivity contribution < 1.29 is 9.52 Å². The fourth-order valence-corrected chi connectivity index (χ4v) is 2.24. The van der Waals surface area contributed by atoms with E-state index in [1.54, 1.807) is 0 Å². The summed E-state index contributed by atoms with van der Waals surface area (Å²) in [5.41, 5.74) is -0.0571. The molecule has 1 aromatic rings. The van der Waals surface area contributed by atoms with Crippen molar-refractivity contribution in [3.05, 3.63) is 11.8 Å². The molecule has 0 aromatic carbocycles. The van der Waals surface area contributed by atoms with E-state index < -0.39 is 0 Å². The first-order valence-corrected chi connectivity index (χ1v) is 7.26. The Morgan fingerprint density at radius 3 is 2.25 bits per heavy atom. The molecule has 2 heterocycles. The molecule has 1 saturated heterocycles. The molecule has 114 valence electrons. The second-order valence-corrected chi connectivity index (χ2v) is 6.67. The van der Waals surface area contributed by atoms with Gasteiger partial charge >= 0.3 is 0 Å². The van der Waals surface area contributed by atoms with Crippen molar-refractivity contribution in [1.82, 2.24) is 20.0 Å². The molecule has 1 aromatic heterocycles. The van der Waals surface area contributed by atoms with Crippen LogP contribution in [0.2, 0.25) is 0 Å². The van der Waals surface area contributed by atoms with Gasteiger partial charge in [-0.05, 0) is 5.41 Å². The highest BCUT2D eigenvalue weighted by atomic mass is 16.4. The van der Waals surface area contributed by atoms with Crippen LogP contribution in [-0.4, -0.2) is 63.9 Å². The predicted octanol–water partition coefficient (Wildman–Crippen LogP) is 0.903. The summed E-state index contributed by atoms with van der Waals surface area (Å²) in [5, 5.41) is 18.0. The molecule has 0 unspecified atom stereocenters. The Morgan fingerprint density at radius 2 is 1.75 bits per heavy atom. The molecular formula is C14H26N4O2. The first kappa shape index (κ1) is 15.4. The highest BCUT2D eigenvalue weighted by Crippen LogP contribution is 2.20. The summed E-state index contributed by atoms with van der Waals surface area (Å²) in [6.45, 7) is 13.4. The maximum atomic E-state index is 10.2. The van der Waals surface area contributed by atoms with E-state index in [0.29, 0.717) is 11.8 Å². The molecule has 0 saturated carbocycles. The van der Waals surface area contributed by atoms with Crippen LogP contribution in [0.1, 0.15) is 32.6 Å². The van der Waals surface area contributed by atoms with Crippen LogP contribution in [0.5, 0.6) is 0 Å². The smallest absolute Gasteiger partial charge is 0.230 e. The Kier molecular flexibility index (Phi) is 4.78. The molecule has 0 aliphatic carbocycles. The molecule has 1 aliphatic heterocycles. The Labute approximate surface area is 120 Å². The highest BCUT2D eigenvalue weighted by Gasteiger charge is 2.26. The summed E-state index contributed by atoms with van der Waals surface area (Å²) in [6.07, 6.45) is -0.285. The van der Waals surface area contributed by atoms with E-state index in [4.69, 9.17) is 4.42 Å². The first-order valence-electron chi connectivity index (χ1n) is 7.26. The molecule has 20 heavy (non-hydrogen) atoms. The van der Waals surface area contributed by atoms with Gasteiger partial charge in [0, 0.05) is 39.6 Å². The largest absolute Gasteiger partial charge is 0.424 e. The molecule has 1 aliphatic rings. The highest BCUT2D eigenvalue weighted by molar-refractivity contribution is 4.83. The van der Waals surface area contributed by atoms with Crippen LogP contribution in [0.15, 0.2) is 4.42 Å². The van der Waals surface area contributed by atoms with E-state index >= 15 is 0 Å². The van der Waals surface area contributed by atoms with Gasteiger partial charge in [-0.15, -0.1) is 10.2 Å². The molecule has 6 nitrogen and oxygen atoms in total. The van der Waals surface area contributed by atoms with Crippen LogP contribution < -0.4 is 0 Å². The third-order valence-corrected chi connectivity index (χ3v) is 3.82. The number of nitrogens with zero attached hydrogens (tertiary/aromatic N) is 4. The molecular weight excluding hydrogens is 256 g/mol. The predicted molar refractivity (Wildman–Crippen MR) is 76.2 cm³/mol. The number of hydrogen-bond donors (Lipinski definition) is 1. The zero-order chi connectivity index (χ0) is 14.8. The lowest BCUT2D eigenvalue weighted by atomic mass is 9.89. The van der Waals surface area contributed by atoms with Gasteiger partial charge in [0.05, 0.1) is 12.6 Å². The molecule has 0 amide bonds. The lowest BCUT2D eigenvalue weighted by molar-refractivity contribution is 0.0116. The van der Waals surface area contributed by atoms with Crippen molar-refractivity contribution in [1.29, 1.82) is 0 Å². The molecule has 0 spiro atoms. The summed E-state index contributed by atoms with van der Waals surface area (Å²) in [4.78, 5) is 4.64. The number of aromatic nitrogens is 2. The molecule has 0 radical (unpaired) electrons. The van der Waals surface area contributed by atoms with Crippen LogP contribution in [-0.2, 0) is 6.54 Å². The van der Waals surface area contributed by atoms with Gasteiger partial charge in [0.15, 0.2) is 0 Å².